The Kier molecular flexibility index (Phi) is 4.47. The van der Waals surface area contributed by atoms with Gasteiger partial charge < -0.3 is 9.64 Å². The number of aromatic nitrogens is 2. The lowest BCUT2D eigenvalue weighted by Crippen LogP contribution is -2.26. The minimum absolute atomic E-state index is 0.169. The predicted molar refractivity (Wildman–Crippen MR) is 98.1 cm³/mol. The molecule has 3 rings (SSSR count). The largest absolute Gasteiger partial charge is 0.495 e. The zero-order valence-electron chi connectivity index (χ0n) is 13.9. The van der Waals surface area contributed by atoms with Crippen LogP contribution in [-0.2, 0) is 0 Å². The second kappa shape index (κ2) is 6.57. The molecule has 2 heterocycles. The normalized spacial score (nSPS) is 10.5. The molecule has 0 spiro atoms. The van der Waals surface area contributed by atoms with Crippen molar-refractivity contribution in [1.29, 1.82) is 5.26 Å². The van der Waals surface area contributed by atoms with Gasteiger partial charge in [0.25, 0.3) is 5.91 Å². The highest BCUT2D eigenvalue weighted by Crippen LogP contribution is 2.26. The van der Waals surface area contributed by atoms with Crippen molar-refractivity contribution in [2.75, 3.05) is 19.1 Å². The molecular formula is C18H15BrN4O2. The fourth-order valence-corrected chi connectivity index (χ4v) is 3.01. The van der Waals surface area contributed by atoms with Crippen molar-refractivity contribution < 1.29 is 9.53 Å². The molecule has 0 aliphatic rings. The molecule has 0 fully saturated rings. The van der Waals surface area contributed by atoms with Crippen LogP contribution in [0.5, 0.6) is 5.75 Å². The van der Waals surface area contributed by atoms with E-state index in [1.807, 2.05) is 17.4 Å². The number of nitriles is 1. The van der Waals surface area contributed by atoms with E-state index in [9.17, 15) is 4.79 Å². The molecular weight excluding hydrogens is 384 g/mol. The first-order valence-electron chi connectivity index (χ1n) is 7.45. The lowest BCUT2D eigenvalue weighted by atomic mass is 10.1. The van der Waals surface area contributed by atoms with Crippen LogP contribution >= 0.6 is 15.9 Å². The molecule has 0 radical (unpaired) electrons. The zero-order valence-corrected chi connectivity index (χ0v) is 15.5. The summed E-state index contributed by atoms with van der Waals surface area (Å²) in [5.74, 6) is 0.265. The van der Waals surface area contributed by atoms with Crippen LogP contribution in [0.3, 0.4) is 0 Å². The SMILES string of the molecule is COc1cc(N(C)C(=O)c2cc(C)c3ncc(Br)n3c2)ccc1C#N. The molecule has 0 bridgehead atoms. The molecule has 7 heteroatoms. The Bertz CT molecular complexity index is 1020. The lowest BCUT2D eigenvalue weighted by Gasteiger charge is -2.19. The average molecular weight is 399 g/mol. The number of fused-ring (bicyclic) bond motifs is 1. The van der Waals surface area contributed by atoms with Crippen molar-refractivity contribution in [2.45, 2.75) is 6.92 Å². The van der Waals surface area contributed by atoms with Gasteiger partial charge in [0.15, 0.2) is 0 Å². The van der Waals surface area contributed by atoms with Gasteiger partial charge in [-0.3, -0.25) is 9.20 Å². The van der Waals surface area contributed by atoms with Crippen LogP contribution in [0.15, 0.2) is 41.3 Å². The third kappa shape index (κ3) is 2.96. The molecule has 1 amide bonds. The fraction of sp³-hybridized carbons (Fsp3) is 0.167. The van der Waals surface area contributed by atoms with E-state index in [1.165, 1.54) is 12.0 Å². The number of aryl methyl sites for hydroxylation is 1. The van der Waals surface area contributed by atoms with Crippen LogP contribution in [0.25, 0.3) is 5.65 Å². The van der Waals surface area contributed by atoms with Gasteiger partial charge in [-0.05, 0) is 46.6 Å². The van der Waals surface area contributed by atoms with Crippen LogP contribution in [0.2, 0.25) is 0 Å². The molecule has 0 unspecified atom stereocenters. The molecule has 0 saturated carbocycles. The average Bonchev–Trinajstić information content (AvgIpc) is 3.01. The van der Waals surface area contributed by atoms with Crippen LogP contribution in [-0.4, -0.2) is 29.4 Å². The van der Waals surface area contributed by atoms with Crippen molar-refractivity contribution in [3.63, 3.8) is 0 Å². The summed E-state index contributed by atoms with van der Waals surface area (Å²) >= 11 is 3.43. The third-order valence-electron chi connectivity index (χ3n) is 3.99. The highest BCUT2D eigenvalue weighted by Gasteiger charge is 2.17. The Morgan fingerprint density at radius 1 is 1.40 bits per heavy atom. The monoisotopic (exact) mass is 398 g/mol. The number of nitrogens with zero attached hydrogens (tertiary/aromatic N) is 4. The van der Waals surface area contributed by atoms with Gasteiger partial charge in [0.1, 0.15) is 22.1 Å². The van der Waals surface area contributed by atoms with Gasteiger partial charge in [-0.2, -0.15) is 5.26 Å². The Labute approximate surface area is 153 Å². The molecule has 126 valence electrons. The second-order valence-corrected chi connectivity index (χ2v) is 6.36. The van der Waals surface area contributed by atoms with E-state index in [4.69, 9.17) is 10.00 Å². The number of methoxy groups -OCH3 is 1. The van der Waals surface area contributed by atoms with Crippen LogP contribution in [0.4, 0.5) is 5.69 Å². The molecule has 0 atom stereocenters. The van der Waals surface area contributed by atoms with E-state index in [0.29, 0.717) is 22.6 Å². The Balaban J connectivity index is 2.01. The van der Waals surface area contributed by atoms with Gasteiger partial charge in [0, 0.05) is 25.0 Å². The standard InChI is InChI=1S/C18H15BrN4O2/c1-11-6-13(10-23-16(19)9-21-17(11)23)18(24)22(2)14-5-4-12(8-20)15(7-14)25-3/h4-7,9-10H,1-3H3. The van der Waals surface area contributed by atoms with Crippen molar-refractivity contribution in [3.05, 3.63) is 58.0 Å². The minimum Gasteiger partial charge on any atom is -0.495 e. The quantitative estimate of drug-likeness (QED) is 0.675. The smallest absolute Gasteiger partial charge is 0.259 e. The van der Waals surface area contributed by atoms with Gasteiger partial charge >= 0.3 is 0 Å². The number of hydrogen-bond donors (Lipinski definition) is 0. The van der Waals surface area contributed by atoms with Crippen molar-refractivity contribution in [3.8, 4) is 11.8 Å². The van der Waals surface area contributed by atoms with Crippen molar-refractivity contribution >= 4 is 33.2 Å². The number of anilines is 1. The van der Waals surface area contributed by atoms with Crippen molar-refractivity contribution in [1.82, 2.24) is 9.38 Å². The maximum Gasteiger partial charge on any atom is 0.259 e. The van der Waals surface area contributed by atoms with Gasteiger partial charge in [0.05, 0.1) is 24.4 Å². The summed E-state index contributed by atoms with van der Waals surface area (Å²) in [6, 6.07) is 8.91. The molecule has 1 aromatic carbocycles. The van der Waals surface area contributed by atoms with E-state index in [2.05, 4.69) is 27.0 Å². The number of ether oxygens (including phenoxy) is 1. The molecule has 3 aromatic rings. The highest BCUT2D eigenvalue weighted by molar-refractivity contribution is 9.10. The van der Waals surface area contributed by atoms with Crippen LogP contribution < -0.4 is 9.64 Å². The summed E-state index contributed by atoms with van der Waals surface area (Å²) < 4.78 is 7.83. The Hall–Kier alpha value is -2.85. The first-order valence-corrected chi connectivity index (χ1v) is 8.25. The van der Waals surface area contributed by atoms with E-state index >= 15 is 0 Å². The van der Waals surface area contributed by atoms with Gasteiger partial charge in [-0.15, -0.1) is 0 Å². The lowest BCUT2D eigenvalue weighted by molar-refractivity contribution is 0.0992. The van der Waals surface area contributed by atoms with Gasteiger partial charge in [0.2, 0.25) is 0 Å². The summed E-state index contributed by atoms with van der Waals surface area (Å²) in [6.45, 7) is 1.91. The molecule has 2 aromatic heterocycles. The molecule has 0 saturated heterocycles. The van der Waals surface area contributed by atoms with E-state index < -0.39 is 0 Å². The summed E-state index contributed by atoms with van der Waals surface area (Å²) in [7, 11) is 3.18. The number of carbonyl (C=O) groups excluding carboxylic acids is 1. The Morgan fingerprint density at radius 2 is 2.16 bits per heavy atom. The fourth-order valence-electron chi connectivity index (χ4n) is 2.64. The number of halogens is 1. The number of hydrogen-bond acceptors (Lipinski definition) is 4. The van der Waals surface area contributed by atoms with Gasteiger partial charge in [-0.25, -0.2) is 4.98 Å². The first-order chi connectivity index (χ1) is 12.0. The minimum atomic E-state index is -0.169. The second-order valence-electron chi connectivity index (χ2n) is 5.55. The number of carbonyl (C=O) groups is 1. The van der Waals surface area contributed by atoms with Crippen LogP contribution in [0, 0.1) is 18.3 Å². The van der Waals surface area contributed by atoms with Crippen LogP contribution in [0.1, 0.15) is 21.5 Å². The van der Waals surface area contributed by atoms with Gasteiger partial charge in [-0.1, -0.05) is 0 Å². The van der Waals surface area contributed by atoms with E-state index in [0.717, 1.165) is 15.8 Å². The van der Waals surface area contributed by atoms with E-state index in [1.54, 1.807) is 37.6 Å². The summed E-state index contributed by atoms with van der Waals surface area (Å²) in [5, 5.41) is 9.08. The summed E-state index contributed by atoms with van der Waals surface area (Å²) in [4.78, 5) is 18.7. The predicted octanol–water partition coefficient (Wildman–Crippen LogP) is 3.56. The molecule has 0 aliphatic heterocycles. The Morgan fingerprint density at radius 3 is 2.84 bits per heavy atom. The molecule has 0 N–H and O–H groups in total. The number of pyridine rings is 1. The number of rotatable bonds is 3. The molecule has 6 nitrogen and oxygen atoms in total. The number of imidazole rings is 1. The summed E-state index contributed by atoms with van der Waals surface area (Å²) in [6.07, 6.45) is 3.45. The number of amides is 1. The molecule has 25 heavy (non-hydrogen) atoms. The highest BCUT2D eigenvalue weighted by atomic mass is 79.9. The third-order valence-corrected chi connectivity index (χ3v) is 4.58. The number of benzene rings is 1. The zero-order chi connectivity index (χ0) is 18.1. The summed E-state index contributed by atoms with van der Waals surface area (Å²) in [5.41, 5.74) is 3.30. The maximum atomic E-state index is 12.9. The first kappa shape index (κ1) is 17.0. The van der Waals surface area contributed by atoms with Crippen molar-refractivity contribution in [2.24, 2.45) is 0 Å². The molecule has 0 aliphatic carbocycles. The maximum absolute atomic E-state index is 12.9. The van der Waals surface area contributed by atoms with E-state index in [-0.39, 0.29) is 5.91 Å². The topological polar surface area (TPSA) is 70.6 Å².